The Kier molecular flexibility index (Phi) is 4.72. The Morgan fingerprint density at radius 2 is 2.00 bits per heavy atom. The summed E-state index contributed by atoms with van der Waals surface area (Å²) >= 11 is 0. The Morgan fingerprint density at radius 1 is 1.29 bits per heavy atom. The Balaban J connectivity index is 2.39. The summed E-state index contributed by atoms with van der Waals surface area (Å²) < 4.78 is 0. The lowest BCUT2D eigenvalue weighted by molar-refractivity contribution is -0.384. The minimum atomic E-state index is -0.355. The van der Waals surface area contributed by atoms with E-state index < -0.39 is 0 Å². The van der Waals surface area contributed by atoms with Crippen molar-refractivity contribution in [2.75, 3.05) is 21.1 Å². The zero-order chi connectivity index (χ0) is 15.5. The lowest BCUT2D eigenvalue weighted by Crippen LogP contribution is -2.58. The SMILES string of the molecule is CNC1C=C(c2cccc([N+](=O)[O-])c2)CC(NC)(NC)C1. The first kappa shape index (κ1) is 15.6. The van der Waals surface area contributed by atoms with E-state index in [1.54, 1.807) is 12.1 Å². The molecule has 0 saturated heterocycles. The van der Waals surface area contributed by atoms with Crippen molar-refractivity contribution < 1.29 is 4.92 Å². The molecule has 1 aliphatic carbocycles. The molecule has 0 fully saturated rings. The standard InChI is InChI=1S/C15H22N4O2/c1-16-13-7-12(9-15(10-13,17-2)18-3)11-5-4-6-14(8-11)19(20)21/h4-8,13,16-18H,9-10H2,1-3H3. The van der Waals surface area contributed by atoms with Crippen molar-refractivity contribution in [3.8, 4) is 0 Å². The quantitative estimate of drug-likeness (QED) is 0.435. The van der Waals surface area contributed by atoms with Crippen molar-refractivity contribution in [2.45, 2.75) is 24.5 Å². The van der Waals surface area contributed by atoms with Gasteiger partial charge in [0.25, 0.3) is 5.69 Å². The average molecular weight is 290 g/mol. The number of nitro benzene ring substituents is 1. The number of hydrogen-bond acceptors (Lipinski definition) is 5. The van der Waals surface area contributed by atoms with Crippen LogP contribution in [0.1, 0.15) is 18.4 Å². The van der Waals surface area contributed by atoms with E-state index in [-0.39, 0.29) is 22.3 Å². The molecule has 1 aromatic carbocycles. The molecule has 0 radical (unpaired) electrons. The second kappa shape index (κ2) is 6.34. The molecule has 1 aliphatic rings. The zero-order valence-electron chi connectivity index (χ0n) is 12.6. The average Bonchev–Trinajstić information content (AvgIpc) is 2.54. The fourth-order valence-corrected chi connectivity index (χ4v) is 2.84. The first-order valence-electron chi connectivity index (χ1n) is 7.04. The molecule has 6 heteroatoms. The van der Waals surface area contributed by atoms with Crippen LogP contribution in [-0.4, -0.2) is 37.8 Å². The minimum Gasteiger partial charge on any atom is -0.313 e. The van der Waals surface area contributed by atoms with Crippen molar-refractivity contribution in [1.82, 2.24) is 16.0 Å². The molecule has 1 atom stereocenters. The van der Waals surface area contributed by atoms with Crippen LogP contribution in [0.2, 0.25) is 0 Å². The number of nitro groups is 1. The van der Waals surface area contributed by atoms with E-state index in [1.807, 2.05) is 27.2 Å². The van der Waals surface area contributed by atoms with Crippen LogP contribution in [0.5, 0.6) is 0 Å². The summed E-state index contributed by atoms with van der Waals surface area (Å²) in [6, 6.07) is 7.03. The van der Waals surface area contributed by atoms with E-state index in [4.69, 9.17) is 0 Å². The van der Waals surface area contributed by atoms with Crippen LogP contribution in [0.15, 0.2) is 30.3 Å². The summed E-state index contributed by atoms with van der Waals surface area (Å²) in [6.07, 6.45) is 3.85. The van der Waals surface area contributed by atoms with Gasteiger partial charge in [0.05, 0.1) is 10.6 Å². The molecular weight excluding hydrogens is 268 g/mol. The van der Waals surface area contributed by atoms with Crippen LogP contribution in [0.3, 0.4) is 0 Å². The smallest absolute Gasteiger partial charge is 0.270 e. The van der Waals surface area contributed by atoms with Gasteiger partial charge in [-0.2, -0.15) is 0 Å². The number of non-ortho nitro benzene ring substituents is 1. The molecule has 0 amide bonds. The predicted octanol–water partition coefficient (Wildman–Crippen LogP) is 1.50. The van der Waals surface area contributed by atoms with Gasteiger partial charge in [-0.15, -0.1) is 0 Å². The third kappa shape index (κ3) is 3.29. The molecule has 0 bridgehead atoms. The summed E-state index contributed by atoms with van der Waals surface area (Å²) in [6.45, 7) is 0. The number of nitrogens with one attached hydrogen (secondary N) is 3. The maximum absolute atomic E-state index is 10.9. The van der Waals surface area contributed by atoms with Gasteiger partial charge in [0.1, 0.15) is 0 Å². The molecule has 2 rings (SSSR count). The molecule has 0 spiro atoms. The van der Waals surface area contributed by atoms with E-state index in [1.165, 1.54) is 6.07 Å². The molecule has 0 aliphatic heterocycles. The molecule has 0 aromatic heterocycles. The fourth-order valence-electron chi connectivity index (χ4n) is 2.84. The van der Waals surface area contributed by atoms with Gasteiger partial charge in [-0.25, -0.2) is 0 Å². The monoisotopic (exact) mass is 290 g/mol. The topological polar surface area (TPSA) is 79.2 Å². The molecule has 21 heavy (non-hydrogen) atoms. The maximum Gasteiger partial charge on any atom is 0.270 e. The molecule has 1 aromatic rings. The molecule has 3 N–H and O–H groups in total. The summed E-state index contributed by atoms with van der Waals surface area (Å²) in [7, 11) is 5.78. The van der Waals surface area contributed by atoms with Crippen molar-refractivity contribution >= 4 is 11.3 Å². The molecule has 1 unspecified atom stereocenters. The highest BCUT2D eigenvalue weighted by molar-refractivity contribution is 5.70. The van der Waals surface area contributed by atoms with E-state index in [0.717, 1.165) is 24.0 Å². The Hall–Kier alpha value is -1.76. The van der Waals surface area contributed by atoms with E-state index in [0.29, 0.717) is 0 Å². The van der Waals surface area contributed by atoms with Crippen LogP contribution in [0.4, 0.5) is 5.69 Å². The van der Waals surface area contributed by atoms with Gasteiger partial charge in [0.2, 0.25) is 0 Å². The predicted molar refractivity (Wildman–Crippen MR) is 84.0 cm³/mol. The van der Waals surface area contributed by atoms with Gasteiger partial charge in [-0.05, 0) is 38.7 Å². The molecule has 6 nitrogen and oxygen atoms in total. The van der Waals surface area contributed by atoms with Crippen LogP contribution in [-0.2, 0) is 0 Å². The fraction of sp³-hybridized carbons (Fsp3) is 0.467. The number of rotatable bonds is 5. The highest BCUT2D eigenvalue weighted by Crippen LogP contribution is 2.33. The first-order chi connectivity index (χ1) is 10.0. The Labute approximate surface area is 124 Å². The van der Waals surface area contributed by atoms with E-state index >= 15 is 0 Å². The van der Waals surface area contributed by atoms with Crippen LogP contribution in [0.25, 0.3) is 5.57 Å². The van der Waals surface area contributed by atoms with E-state index in [9.17, 15) is 10.1 Å². The summed E-state index contributed by atoms with van der Waals surface area (Å²) in [5, 5.41) is 20.9. The lowest BCUT2D eigenvalue weighted by atomic mass is 9.82. The Morgan fingerprint density at radius 3 is 2.57 bits per heavy atom. The lowest BCUT2D eigenvalue weighted by Gasteiger charge is -2.40. The third-order valence-electron chi connectivity index (χ3n) is 4.22. The summed E-state index contributed by atoms with van der Waals surface area (Å²) in [5.41, 5.74) is 1.93. The Bertz CT molecular complexity index is 552. The van der Waals surface area contributed by atoms with Gasteiger partial charge in [-0.3, -0.25) is 10.1 Å². The van der Waals surface area contributed by atoms with Crippen LogP contribution >= 0.6 is 0 Å². The van der Waals surface area contributed by atoms with Crippen molar-refractivity contribution in [3.63, 3.8) is 0 Å². The maximum atomic E-state index is 10.9. The van der Waals surface area contributed by atoms with Crippen LogP contribution in [0, 0.1) is 10.1 Å². The van der Waals surface area contributed by atoms with Crippen molar-refractivity contribution in [1.29, 1.82) is 0 Å². The summed E-state index contributed by atoms with van der Waals surface area (Å²) in [5.74, 6) is 0. The third-order valence-corrected chi connectivity index (χ3v) is 4.22. The first-order valence-corrected chi connectivity index (χ1v) is 7.04. The zero-order valence-corrected chi connectivity index (χ0v) is 12.6. The summed E-state index contributed by atoms with van der Waals surface area (Å²) in [4.78, 5) is 10.6. The van der Waals surface area contributed by atoms with Gasteiger partial charge < -0.3 is 16.0 Å². The highest BCUT2D eigenvalue weighted by atomic mass is 16.6. The van der Waals surface area contributed by atoms with Gasteiger partial charge in [-0.1, -0.05) is 18.2 Å². The number of hydrogen-bond donors (Lipinski definition) is 3. The number of likely N-dealkylation sites (N-methyl/N-ethyl adjacent to an activating group) is 1. The van der Waals surface area contributed by atoms with Crippen LogP contribution < -0.4 is 16.0 Å². The minimum absolute atomic E-state index is 0.125. The number of nitrogens with zero attached hydrogens (tertiary/aromatic N) is 1. The molecular formula is C15H22N4O2. The molecule has 0 heterocycles. The second-order valence-corrected chi connectivity index (χ2v) is 5.36. The van der Waals surface area contributed by atoms with E-state index in [2.05, 4.69) is 22.0 Å². The highest BCUT2D eigenvalue weighted by Gasteiger charge is 2.34. The van der Waals surface area contributed by atoms with Crippen molar-refractivity contribution in [2.24, 2.45) is 0 Å². The van der Waals surface area contributed by atoms with Gasteiger partial charge in [0.15, 0.2) is 0 Å². The second-order valence-electron chi connectivity index (χ2n) is 5.36. The van der Waals surface area contributed by atoms with Gasteiger partial charge >= 0.3 is 0 Å². The number of benzene rings is 1. The van der Waals surface area contributed by atoms with Crippen molar-refractivity contribution in [3.05, 3.63) is 46.0 Å². The normalized spacial score (nSPS) is 20.9. The largest absolute Gasteiger partial charge is 0.313 e. The molecule has 0 saturated carbocycles. The van der Waals surface area contributed by atoms with Gasteiger partial charge in [0, 0.05) is 24.6 Å². The molecule has 114 valence electrons.